The summed E-state index contributed by atoms with van der Waals surface area (Å²) in [6.07, 6.45) is 0. The van der Waals surface area contributed by atoms with E-state index in [-0.39, 0.29) is 18.3 Å². The Bertz CT molecular complexity index is 690. The summed E-state index contributed by atoms with van der Waals surface area (Å²) in [5, 5.41) is 7.32. The highest BCUT2D eigenvalue weighted by molar-refractivity contribution is 6.62. The quantitative estimate of drug-likeness (QED) is 0.867. The molecule has 22 heavy (non-hydrogen) atoms. The minimum absolute atomic E-state index is 0.330. The number of benzene rings is 1. The Morgan fingerprint density at radius 3 is 2.18 bits per heavy atom. The van der Waals surface area contributed by atoms with Crippen molar-refractivity contribution in [2.75, 3.05) is 0 Å². The number of nitrogens with zero attached hydrogens (tertiary/aromatic N) is 1. The van der Waals surface area contributed by atoms with Crippen molar-refractivity contribution in [1.82, 2.24) is 10.2 Å². The summed E-state index contributed by atoms with van der Waals surface area (Å²) in [7, 11) is -0.343. The maximum atomic E-state index is 6.18. The lowest BCUT2D eigenvalue weighted by molar-refractivity contribution is 0.00578. The molecule has 1 aromatic heterocycles. The third-order valence-electron chi connectivity index (χ3n) is 4.79. The highest BCUT2D eigenvalue weighted by atomic mass is 16.7. The Morgan fingerprint density at radius 2 is 1.64 bits per heavy atom. The fraction of sp³-hybridized carbons (Fsp3) is 0.471. The highest BCUT2D eigenvalue weighted by Crippen LogP contribution is 2.36. The van der Waals surface area contributed by atoms with E-state index in [1.54, 1.807) is 0 Å². The van der Waals surface area contributed by atoms with Crippen molar-refractivity contribution in [2.24, 2.45) is 0 Å². The second-order valence-corrected chi connectivity index (χ2v) is 7.10. The van der Waals surface area contributed by atoms with Gasteiger partial charge in [0.1, 0.15) is 0 Å². The lowest BCUT2D eigenvalue weighted by Crippen LogP contribution is -2.41. The maximum Gasteiger partial charge on any atom is 0.495 e. The van der Waals surface area contributed by atoms with E-state index in [0.29, 0.717) is 0 Å². The number of aromatic nitrogens is 2. The molecule has 1 aliphatic rings. The predicted molar refractivity (Wildman–Crippen MR) is 89.2 cm³/mol. The summed E-state index contributed by atoms with van der Waals surface area (Å²) in [5.41, 5.74) is 4.63. The van der Waals surface area contributed by atoms with Gasteiger partial charge in [-0.1, -0.05) is 23.8 Å². The van der Waals surface area contributed by atoms with Gasteiger partial charge in [0.25, 0.3) is 0 Å². The van der Waals surface area contributed by atoms with E-state index in [0.717, 1.165) is 28.0 Å². The average molecular weight is 298 g/mol. The summed E-state index contributed by atoms with van der Waals surface area (Å²) in [5.74, 6) is 0. The first-order valence-corrected chi connectivity index (χ1v) is 7.68. The van der Waals surface area contributed by atoms with Crippen LogP contribution in [0.2, 0.25) is 0 Å². The van der Waals surface area contributed by atoms with Crippen LogP contribution in [0.15, 0.2) is 24.3 Å². The molecule has 2 heterocycles. The minimum Gasteiger partial charge on any atom is -0.399 e. The molecule has 0 bridgehead atoms. The van der Waals surface area contributed by atoms with E-state index in [1.807, 2.05) is 13.0 Å². The maximum absolute atomic E-state index is 6.18. The van der Waals surface area contributed by atoms with E-state index >= 15 is 0 Å². The van der Waals surface area contributed by atoms with Crippen LogP contribution in [0.5, 0.6) is 0 Å². The molecule has 2 aromatic rings. The Balaban J connectivity index is 1.98. The molecule has 0 amide bonds. The number of aryl methyl sites for hydroxylation is 2. The SMILES string of the molecule is Cc1cc(-c2ccc(C)c(B3OC(C)(C)C(C)(C)O3)c2)n[nH]1. The monoisotopic (exact) mass is 298 g/mol. The van der Waals surface area contributed by atoms with Crippen LogP contribution >= 0.6 is 0 Å². The highest BCUT2D eigenvalue weighted by Gasteiger charge is 2.52. The smallest absolute Gasteiger partial charge is 0.399 e. The predicted octanol–water partition coefficient (Wildman–Crippen LogP) is 2.99. The van der Waals surface area contributed by atoms with Crippen LogP contribution < -0.4 is 5.46 Å². The third kappa shape index (κ3) is 2.48. The molecule has 0 unspecified atom stereocenters. The number of H-pyrrole nitrogens is 1. The number of rotatable bonds is 2. The summed E-state index contributed by atoms with van der Waals surface area (Å²) in [6, 6.07) is 8.34. The van der Waals surface area contributed by atoms with Crippen molar-refractivity contribution in [2.45, 2.75) is 52.7 Å². The van der Waals surface area contributed by atoms with Gasteiger partial charge < -0.3 is 9.31 Å². The van der Waals surface area contributed by atoms with Crippen LogP contribution in [0.4, 0.5) is 0 Å². The van der Waals surface area contributed by atoms with E-state index < -0.39 is 0 Å². The topological polar surface area (TPSA) is 47.1 Å². The molecular formula is C17H23BN2O2. The van der Waals surface area contributed by atoms with Gasteiger partial charge in [-0.2, -0.15) is 5.10 Å². The molecule has 1 fully saturated rings. The van der Waals surface area contributed by atoms with Gasteiger partial charge in [0, 0.05) is 11.3 Å². The average Bonchev–Trinajstić information content (AvgIpc) is 2.92. The van der Waals surface area contributed by atoms with Crippen molar-refractivity contribution in [3.05, 3.63) is 35.5 Å². The lowest BCUT2D eigenvalue weighted by atomic mass is 9.75. The van der Waals surface area contributed by atoms with Crippen molar-refractivity contribution >= 4 is 12.6 Å². The molecule has 1 N–H and O–H groups in total. The molecule has 0 saturated carbocycles. The van der Waals surface area contributed by atoms with Gasteiger partial charge in [-0.25, -0.2) is 0 Å². The van der Waals surface area contributed by atoms with Gasteiger partial charge in [-0.05, 0) is 53.1 Å². The Hall–Kier alpha value is -1.59. The van der Waals surface area contributed by atoms with Crippen molar-refractivity contribution in [1.29, 1.82) is 0 Å². The molecule has 1 aliphatic heterocycles. The van der Waals surface area contributed by atoms with Crippen LogP contribution in [0.3, 0.4) is 0 Å². The van der Waals surface area contributed by atoms with E-state index in [1.165, 1.54) is 0 Å². The number of hydrogen-bond acceptors (Lipinski definition) is 3. The van der Waals surface area contributed by atoms with Crippen LogP contribution in [0.1, 0.15) is 39.0 Å². The second kappa shape index (κ2) is 4.96. The van der Waals surface area contributed by atoms with Crippen molar-refractivity contribution in [3.63, 3.8) is 0 Å². The minimum atomic E-state index is -0.343. The number of hydrogen-bond donors (Lipinski definition) is 1. The van der Waals surface area contributed by atoms with Crippen LogP contribution in [-0.2, 0) is 9.31 Å². The fourth-order valence-electron chi connectivity index (χ4n) is 2.59. The lowest BCUT2D eigenvalue weighted by Gasteiger charge is -2.32. The summed E-state index contributed by atoms with van der Waals surface area (Å²) in [4.78, 5) is 0. The molecule has 0 radical (unpaired) electrons. The van der Waals surface area contributed by atoms with Gasteiger partial charge in [-0.15, -0.1) is 0 Å². The molecule has 0 aliphatic carbocycles. The van der Waals surface area contributed by atoms with E-state index in [2.05, 4.69) is 63.0 Å². The third-order valence-corrected chi connectivity index (χ3v) is 4.79. The zero-order valence-corrected chi connectivity index (χ0v) is 14.2. The van der Waals surface area contributed by atoms with E-state index in [9.17, 15) is 0 Å². The Kier molecular flexibility index (Phi) is 3.46. The van der Waals surface area contributed by atoms with Gasteiger partial charge in [-0.3, -0.25) is 5.10 Å². The van der Waals surface area contributed by atoms with Crippen LogP contribution in [0.25, 0.3) is 11.3 Å². The summed E-state index contributed by atoms with van der Waals surface area (Å²) in [6.45, 7) is 12.4. The standard InChI is InChI=1S/C17H23BN2O2/c1-11-7-8-13(15-9-12(2)19-20-15)10-14(11)18-21-16(3,4)17(5,6)22-18/h7-10H,1-6H3,(H,19,20). The largest absolute Gasteiger partial charge is 0.495 e. The summed E-state index contributed by atoms with van der Waals surface area (Å²) < 4.78 is 12.4. The molecule has 0 atom stereocenters. The first-order chi connectivity index (χ1) is 10.2. The normalized spacial score (nSPS) is 19.6. The molecule has 5 heteroatoms. The first kappa shape index (κ1) is 15.3. The van der Waals surface area contributed by atoms with Crippen molar-refractivity contribution in [3.8, 4) is 11.3 Å². The summed E-state index contributed by atoms with van der Waals surface area (Å²) >= 11 is 0. The number of aromatic amines is 1. The van der Waals surface area contributed by atoms with Gasteiger partial charge in [0.15, 0.2) is 0 Å². The fourth-order valence-corrected chi connectivity index (χ4v) is 2.59. The van der Waals surface area contributed by atoms with Gasteiger partial charge >= 0.3 is 7.12 Å². The van der Waals surface area contributed by atoms with Crippen molar-refractivity contribution < 1.29 is 9.31 Å². The zero-order valence-electron chi connectivity index (χ0n) is 14.2. The Morgan fingerprint density at radius 1 is 1.00 bits per heavy atom. The molecule has 3 rings (SSSR count). The van der Waals surface area contributed by atoms with Crippen LogP contribution in [-0.4, -0.2) is 28.5 Å². The van der Waals surface area contributed by atoms with E-state index in [4.69, 9.17) is 9.31 Å². The van der Waals surface area contributed by atoms with Crippen LogP contribution in [0, 0.1) is 13.8 Å². The molecule has 4 nitrogen and oxygen atoms in total. The Labute approximate surface area is 132 Å². The molecular weight excluding hydrogens is 275 g/mol. The number of nitrogens with one attached hydrogen (secondary N) is 1. The molecule has 116 valence electrons. The molecule has 1 aromatic carbocycles. The second-order valence-electron chi connectivity index (χ2n) is 7.10. The first-order valence-electron chi connectivity index (χ1n) is 7.68. The van der Waals surface area contributed by atoms with Gasteiger partial charge in [0.05, 0.1) is 16.9 Å². The molecule has 0 spiro atoms. The molecule has 1 saturated heterocycles. The zero-order chi connectivity index (χ0) is 16.1. The van der Waals surface area contributed by atoms with Gasteiger partial charge in [0.2, 0.25) is 0 Å².